The van der Waals surface area contributed by atoms with Crippen LogP contribution in [-0.2, 0) is 21.2 Å². The summed E-state index contributed by atoms with van der Waals surface area (Å²) in [6.07, 6.45) is 2.83. The van der Waals surface area contributed by atoms with Crippen LogP contribution in [0.3, 0.4) is 0 Å². The van der Waals surface area contributed by atoms with Crippen molar-refractivity contribution in [2.45, 2.75) is 30.3 Å². The first-order valence-corrected chi connectivity index (χ1v) is 10.7. The Hall–Kier alpha value is -2.42. The van der Waals surface area contributed by atoms with Gasteiger partial charge in [-0.15, -0.1) is 0 Å². The molecule has 0 aliphatic carbocycles. The molecule has 150 valence electrons. The Labute approximate surface area is 164 Å². The van der Waals surface area contributed by atoms with Crippen molar-refractivity contribution in [1.29, 1.82) is 0 Å². The number of rotatable bonds is 8. The molecule has 1 atom stereocenters. The van der Waals surface area contributed by atoms with Gasteiger partial charge in [-0.25, -0.2) is 13.6 Å². The number of amides is 1. The predicted octanol–water partition coefficient (Wildman–Crippen LogP) is 1.86. The van der Waals surface area contributed by atoms with Gasteiger partial charge in [-0.3, -0.25) is 4.79 Å². The molecule has 1 saturated heterocycles. The van der Waals surface area contributed by atoms with E-state index < -0.39 is 10.0 Å². The largest absolute Gasteiger partial charge is 0.491 e. The Morgan fingerprint density at radius 2 is 1.86 bits per heavy atom. The molecule has 0 aromatic heterocycles. The molecular formula is C20H24N2O5S. The highest BCUT2D eigenvalue weighted by atomic mass is 32.2. The van der Waals surface area contributed by atoms with Crippen LogP contribution in [0.25, 0.3) is 0 Å². The van der Waals surface area contributed by atoms with E-state index in [1.165, 1.54) is 12.1 Å². The smallest absolute Gasteiger partial charge is 0.251 e. The first-order chi connectivity index (χ1) is 13.4. The minimum Gasteiger partial charge on any atom is -0.491 e. The summed E-state index contributed by atoms with van der Waals surface area (Å²) in [5.74, 6) is 0.536. The number of benzene rings is 2. The predicted molar refractivity (Wildman–Crippen MR) is 105 cm³/mol. The lowest BCUT2D eigenvalue weighted by molar-refractivity contribution is 0.0679. The van der Waals surface area contributed by atoms with E-state index in [0.717, 1.165) is 25.0 Å². The highest BCUT2D eigenvalue weighted by Gasteiger charge is 2.16. The normalized spacial score (nSPS) is 16.7. The van der Waals surface area contributed by atoms with Crippen LogP contribution in [0.15, 0.2) is 53.4 Å². The number of hydrogen-bond acceptors (Lipinski definition) is 5. The second-order valence-corrected chi connectivity index (χ2v) is 8.23. The van der Waals surface area contributed by atoms with Crippen LogP contribution in [-0.4, -0.2) is 40.2 Å². The van der Waals surface area contributed by atoms with Crippen molar-refractivity contribution in [1.82, 2.24) is 5.32 Å². The monoisotopic (exact) mass is 404 g/mol. The maximum atomic E-state index is 12.2. The molecule has 0 unspecified atom stereocenters. The molecule has 28 heavy (non-hydrogen) atoms. The van der Waals surface area contributed by atoms with E-state index in [1.54, 1.807) is 36.4 Å². The molecule has 7 nitrogen and oxygen atoms in total. The lowest BCUT2D eigenvalue weighted by atomic mass is 10.1. The minimum absolute atomic E-state index is 0.0714. The van der Waals surface area contributed by atoms with Gasteiger partial charge >= 0.3 is 0 Å². The van der Waals surface area contributed by atoms with E-state index in [4.69, 9.17) is 14.6 Å². The van der Waals surface area contributed by atoms with E-state index in [9.17, 15) is 13.2 Å². The van der Waals surface area contributed by atoms with Gasteiger partial charge in [-0.1, -0.05) is 12.1 Å². The first-order valence-electron chi connectivity index (χ1n) is 9.16. The molecule has 1 fully saturated rings. The molecule has 3 N–H and O–H groups in total. The summed E-state index contributed by atoms with van der Waals surface area (Å²) in [4.78, 5) is 12.3. The average Bonchev–Trinajstić information content (AvgIpc) is 3.20. The number of carbonyl (C=O) groups is 1. The van der Waals surface area contributed by atoms with Crippen molar-refractivity contribution in [3.05, 3.63) is 59.7 Å². The highest BCUT2D eigenvalue weighted by Crippen LogP contribution is 2.16. The first kappa shape index (κ1) is 20.3. The minimum atomic E-state index is -3.69. The molecule has 1 aliphatic rings. The lowest BCUT2D eigenvalue weighted by Gasteiger charge is -2.12. The fourth-order valence-corrected chi connectivity index (χ4v) is 3.45. The van der Waals surface area contributed by atoms with Gasteiger partial charge in [0.05, 0.1) is 11.0 Å². The molecular weight excluding hydrogens is 380 g/mol. The van der Waals surface area contributed by atoms with Crippen LogP contribution in [0.1, 0.15) is 28.8 Å². The Morgan fingerprint density at radius 3 is 2.46 bits per heavy atom. The van der Waals surface area contributed by atoms with Gasteiger partial charge < -0.3 is 14.8 Å². The van der Waals surface area contributed by atoms with Crippen molar-refractivity contribution in [3.8, 4) is 5.75 Å². The van der Waals surface area contributed by atoms with Crippen LogP contribution in [0, 0.1) is 0 Å². The van der Waals surface area contributed by atoms with Crippen molar-refractivity contribution >= 4 is 15.9 Å². The van der Waals surface area contributed by atoms with Gasteiger partial charge in [0.25, 0.3) is 5.91 Å². The number of nitrogens with two attached hydrogens (primary N) is 1. The lowest BCUT2D eigenvalue weighted by Crippen LogP contribution is -2.25. The Morgan fingerprint density at radius 1 is 1.14 bits per heavy atom. The SMILES string of the molecule is NS(=O)(=O)c1ccc(CCNC(=O)c2ccc(OC[C@@H]3CCCO3)cc2)cc1. The van der Waals surface area contributed by atoms with Gasteiger partial charge in [0.2, 0.25) is 10.0 Å². The average molecular weight is 404 g/mol. The zero-order chi connectivity index (χ0) is 20.0. The molecule has 2 aromatic carbocycles. The number of ether oxygens (including phenoxy) is 2. The van der Waals surface area contributed by atoms with Crippen molar-refractivity contribution in [2.75, 3.05) is 19.8 Å². The van der Waals surface area contributed by atoms with Crippen LogP contribution in [0.4, 0.5) is 0 Å². The van der Waals surface area contributed by atoms with Crippen molar-refractivity contribution in [2.24, 2.45) is 5.14 Å². The van der Waals surface area contributed by atoms with Crippen LogP contribution in [0.5, 0.6) is 5.75 Å². The molecule has 1 amide bonds. The van der Waals surface area contributed by atoms with Gasteiger partial charge in [-0.05, 0) is 61.2 Å². The second kappa shape index (κ2) is 9.18. The summed E-state index contributed by atoms with van der Waals surface area (Å²) in [7, 11) is -3.69. The zero-order valence-corrected chi connectivity index (χ0v) is 16.3. The molecule has 1 aliphatic heterocycles. The Bertz CT molecular complexity index is 889. The summed E-state index contributed by atoms with van der Waals surface area (Å²) >= 11 is 0. The van der Waals surface area contributed by atoms with E-state index in [1.807, 2.05) is 0 Å². The maximum Gasteiger partial charge on any atom is 0.251 e. The van der Waals surface area contributed by atoms with Crippen LogP contribution < -0.4 is 15.2 Å². The van der Waals surface area contributed by atoms with Gasteiger partial charge in [0, 0.05) is 18.7 Å². The maximum absolute atomic E-state index is 12.2. The van der Waals surface area contributed by atoms with Crippen LogP contribution >= 0.6 is 0 Å². The fourth-order valence-electron chi connectivity index (χ4n) is 2.94. The molecule has 0 bridgehead atoms. The molecule has 0 saturated carbocycles. The Balaban J connectivity index is 1.44. The molecule has 3 rings (SSSR count). The van der Waals surface area contributed by atoms with Gasteiger partial charge in [0.15, 0.2) is 0 Å². The molecule has 0 spiro atoms. The van der Waals surface area contributed by atoms with E-state index >= 15 is 0 Å². The van der Waals surface area contributed by atoms with Crippen LogP contribution in [0.2, 0.25) is 0 Å². The van der Waals surface area contributed by atoms with Gasteiger partial charge in [0.1, 0.15) is 12.4 Å². The Kier molecular flexibility index (Phi) is 6.66. The van der Waals surface area contributed by atoms with E-state index in [-0.39, 0.29) is 16.9 Å². The van der Waals surface area contributed by atoms with Crippen molar-refractivity contribution < 1.29 is 22.7 Å². The van der Waals surface area contributed by atoms with Crippen molar-refractivity contribution in [3.63, 3.8) is 0 Å². The summed E-state index contributed by atoms with van der Waals surface area (Å²) in [6, 6.07) is 13.3. The topological polar surface area (TPSA) is 108 Å². The quantitative estimate of drug-likeness (QED) is 0.698. The molecule has 2 aromatic rings. The zero-order valence-electron chi connectivity index (χ0n) is 15.5. The summed E-state index contributed by atoms with van der Waals surface area (Å²) in [6.45, 7) is 1.75. The van der Waals surface area contributed by atoms with E-state index in [2.05, 4.69) is 5.32 Å². The summed E-state index contributed by atoms with van der Waals surface area (Å²) in [5, 5.41) is 7.92. The third-order valence-corrected chi connectivity index (χ3v) is 5.46. The fraction of sp³-hybridized carbons (Fsp3) is 0.350. The standard InChI is InChI=1S/C20H24N2O5S/c21-28(24,25)19-9-3-15(4-10-19)11-12-22-20(23)16-5-7-17(8-6-16)27-14-18-2-1-13-26-18/h3-10,18H,1-2,11-14H2,(H,22,23)(H2,21,24,25)/t18-/m0/s1. The number of primary sulfonamides is 1. The molecule has 1 heterocycles. The third kappa shape index (κ3) is 5.79. The van der Waals surface area contributed by atoms with Gasteiger partial charge in [-0.2, -0.15) is 0 Å². The highest BCUT2D eigenvalue weighted by molar-refractivity contribution is 7.89. The summed E-state index contributed by atoms with van der Waals surface area (Å²) < 4.78 is 33.7. The number of sulfonamides is 1. The number of hydrogen-bond donors (Lipinski definition) is 2. The van der Waals surface area contributed by atoms with E-state index in [0.29, 0.717) is 30.9 Å². The number of nitrogens with one attached hydrogen (secondary N) is 1. The molecule has 8 heteroatoms. The molecule has 0 radical (unpaired) electrons. The summed E-state index contributed by atoms with van der Waals surface area (Å²) in [5.41, 5.74) is 1.46. The number of carbonyl (C=O) groups excluding carboxylic acids is 1. The third-order valence-electron chi connectivity index (χ3n) is 4.53. The second-order valence-electron chi connectivity index (χ2n) is 6.67.